The second-order valence-corrected chi connectivity index (χ2v) is 6.00. The van der Waals surface area contributed by atoms with E-state index >= 15 is 0 Å². The van der Waals surface area contributed by atoms with Crippen molar-refractivity contribution in [3.63, 3.8) is 0 Å². The smallest absolute Gasteiger partial charge is 0.309 e. The molecule has 0 fully saturated rings. The highest BCUT2D eigenvalue weighted by Crippen LogP contribution is 2.58. The second-order valence-electron chi connectivity index (χ2n) is 2.82. The van der Waals surface area contributed by atoms with E-state index in [9.17, 15) is 4.57 Å². The molecule has 0 atom stereocenters. The molecule has 3 nitrogen and oxygen atoms in total. The Bertz CT molecular complexity index is 392. The fraction of sp³-hybridized carbons (Fsp3) is 0.200. The summed E-state index contributed by atoms with van der Waals surface area (Å²) in [6.07, 6.45) is 0. The summed E-state index contributed by atoms with van der Waals surface area (Å²) in [6, 6.07) is 7.29. The predicted molar refractivity (Wildman–Crippen MR) is 64.8 cm³/mol. The largest absolute Gasteiger partial charge is 0.360 e. The van der Waals surface area contributed by atoms with Crippen LogP contribution in [0.5, 0.6) is 0 Å². The van der Waals surface area contributed by atoms with Gasteiger partial charge in [-0.1, -0.05) is 34.6 Å². The number of halogens is 1. The van der Waals surface area contributed by atoms with Gasteiger partial charge < -0.3 is 9.05 Å². The molecule has 1 aromatic rings. The van der Waals surface area contributed by atoms with Crippen LogP contribution < -0.4 is 0 Å². The van der Waals surface area contributed by atoms with Gasteiger partial charge >= 0.3 is 7.60 Å². The van der Waals surface area contributed by atoms with Crippen molar-refractivity contribution in [2.45, 2.75) is 0 Å². The number of benzene rings is 1. The first-order valence-electron chi connectivity index (χ1n) is 4.20. The Hall–Kier alpha value is -0.410. The molecule has 0 unspecified atom stereocenters. The summed E-state index contributed by atoms with van der Waals surface area (Å²) in [5.74, 6) is 0. The summed E-state index contributed by atoms with van der Waals surface area (Å²) in [5, 5.41) is 0.361. The molecule has 1 aromatic carbocycles. The normalized spacial score (nSPS) is 11.4. The molecular weight excluding hydrogens is 279 g/mol. The SMILES string of the molecule is C=C(c1ccc(Br)cc1)P(=O)(OC)OC. The second kappa shape index (κ2) is 5.08. The highest BCUT2D eigenvalue weighted by atomic mass is 79.9. The number of hydrogen-bond acceptors (Lipinski definition) is 3. The van der Waals surface area contributed by atoms with Crippen LogP contribution >= 0.6 is 23.5 Å². The van der Waals surface area contributed by atoms with E-state index in [2.05, 4.69) is 22.5 Å². The molecule has 5 heteroatoms. The molecule has 0 amide bonds. The van der Waals surface area contributed by atoms with Crippen molar-refractivity contribution in [2.24, 2.45) is 0 Å². The van der Waals surface area contributed by atoms with Crippen molar-refractivity contribution >= 4 is 28.8 Å². The van der Waals surface area contributed by atoms with Crippen molar-refractivity contribution in [1.29, 1.82) is 0 Å². The average molecular weight is 291 g/mol. The summed E-state index contributed by atoms with van der Waals surface area (Å²) >= 11 is 3.32. The fourth-order valence-corrected chi connectivity index (χ4v) is 2.41. The average Bonchev–Trinajstić information content (AvgIpc) is 2.28. The predicted octanol–water partition coefficient (Wildman–Crippen LogP) is 3.91. The van der Waals surface area contributed by atoms with E-state index in [4.69, 9.17) is 9.05 Å². The molecule has 0 spiro atoms. The van der Waals surface area contributed by atoms with Gasteiger partial charge in [0.05, 0.1) is 5.31 Å². The molecular formula is C10H12BrO3P. The zero-order valence-corrected chi connectivity index (χ0v) is 11.0. The maximum absolute atomic E-state index is 12.0. The standard InChI is InChI=1S/C10H12BrO3P/c1-8(15(12,13-2)14-3)9-4-6-10(11)7-5-9/h4-7H,1H2,2-3H3. The Balaban J connectivity index is 3.04. The van der Waals surface area contributed by atoms with Crippen molar-refractivity contribution in [1.82, 2.24) is 0 Å². The van der Waals surface area contributed by atoms with Gasteiger partial charge in [0.15, 0.2) is 0 Å². The lowest BCUT2D eigenvalue weighted by Crippen LogP contribution is -1.91. The van der Waals surface area contributed by atoms with Gasteiger partial charge in [-0.25, -0.2) is 0 Å². The molecule has 0 saturated carbocycles. The van der Waals surface area contributed by atoms with Gasteiger partial charge in [-0.2, -0.15) is 0 Å². The zero-order chi connectivity index (χ0) is 11.5. The molecule has 1 rings (SSSR count). The molecule has 0 radical (unpaired) electrons. The van der Waals surface area contributed by atoms with Crippen LogP contribution in [0.4, 0.5) is 0 Å². The highest BCUT2D eigenvalue weighted by Gasteiger charge is 2.26. The third-order valence-electron chi connectivity index (χ3n) is 1.99. The van der Waals surface area contributed by atoms with Gasteiger partial charge in [0.1, 0.15) is 0 Å². The van der Waals surface area contributed by atoms with E-state index in [1.54, 1.807) is 12.1 Å². The van der Waals surface area contributed by atoms with Gasteiger partial charge in [-0.3, -0.25) is 4.57 Å². The van der Waals surface area contributed by atoms with Gasteiger partial charge in [0.2, 0.25) is 0 Å². The lowest BCUT2D eigenvalue weighted by Gasteiger charge is -2.16. The first-order valence-corrected chi connectivity index (χ1v) is 6.54. The Morgan fingerprint density at radius 3 is 2.13 bits per heavy atom. The lowest BCUT2D eigenvalue weighted by atomic mass is 10.2. The van der Waals surface area contributed by atoms with E-state index in [-0.39, 0.29) is 0 Å². The summed E-state index contributed by atoms with van der Waals surface area (Å²) < 4.78 is 22.6. The van der Waals surface area contributed by atoms with Crippen LogP contribution in [-0.4, -0.2) is 14.2 Å². The summed E-state index contributed by atoms with van der Waals surface area (Å²) in [6.45, 7) is 3.74. The van der Waals surface area contributed by atoms with Crippen molar-refractivity contribution in [2.75, 3.05) is 14.2 Å². The first kappa shape index (κ1) is 12.7. The Morgan fingerprint density at radius 1 is 1.27 bits per heavy atom. The maximum Gasteiger partial charge on any atom is 0.360 e. The maximum atomic E-state index is 12.0. The minimum atomic E-state index is -3.22. The Morgan fingerprint density at radius 2 is 1.73 bits per heavy atom. The molecule has 0 aliphatic heterocycles. The van der Waals surface area contributed by atoms with Crippen molar-refractivity contribution in [3.05, 3.63) is 40.9 Å². The molecule has 0 N–H and O–H groups in total. The molecule has 0 aliphatic rings. The van der Waals surface area contributed by atoms with Crippen LogP contribution in [0.3, 0.4) is 0 Å². The Labute approximate surface area is 97.8 Å². The molecule has 82 valence electrons. The van der Waals surface area contributed by atoms with E-state index in [0.717, 1.165) is 10.0 Å². The highest BCUT2D eigenvalue weighted by molar-refractivity contribution is 9.10. The summed E-state index contributed by atoms with van der Waals surface area (Å²) in [5.41, 5.74) is 0.741. The van der Waals surface area contributed by atoms with E-state index in [0.29, 0.717) is 5.31 Å². The third-order valence-corrected chi connectivity index (χ3v) is 4.40. The van der Waals surface area contributed by atoms with Crippen molar-refractivity contribution in [3.8, 4) is 0 Å². The number of hydrogen-bond donors (Lipinski definition) is 0. The molecule has 0 aromatic heterocycles. The number of rotatable bonds is 4. The summed E-state index contributed by atoms with van der Waals surface area (Å²) in [7, 11) is -0.536. The van der Waals surface area contributed by atoms with Gasteiger partial charge in [0.25, 0.3) is 0 Å². The van der Waals surface area contributed by atoms with Gasteiger partial charge in [-0.15, -0.1) is 0 Å². The van der Waals surface area contributed by atoms with E-state index in [1.165, 1.54) is 14.2 Å². The minimum Gasteiger partial charge on any atom is -0.309 e. The monoisotopic (exact) mass is 290 g/mol. The van der Waals surface area contributed by atoms with Gasteiger partial charge in [0, 0.05) is 18.7 Å². The van der Waals surface area contributed by atoms with Crippen LogP contribution in [0.25, 0.3) is 5.31 Å². The first-order chi connectivity index (χ1) is 7.03. The Kier molecular flexibility index (Phi) is 4.29. The molecule has 0 saturated heterocycles. The van der Waals surface area contributed by atoms with E-state index in [1.807, 2.05) is 12.1 Å². The van der Waals surface area contributed by atoms with Crippen LogP contribution in [0.1, 0.15) is 5.56 Å². The quantitative estimate of drug-likeness (QED) is 0.789. The van der Waals surface area contributed by atoms with Crippen LogP contribution in [0.15, 0.2) is 35.3 Å². The fourth-order valence-electron chi connectivity index (χ4n) is 1.10. The molecule has 0 bridgehead atoms. The molecule has 0 heterocycles. The van der Waals surface area contributed by atoms with Gasteiger partial charge in [-0.05, 0) is 17.7 Å². The molecule has 0 aliphatic carbocycles. The van der Waals surface area contributed by atoms with Crippen LogP contribution in [-0.2, 0) is 13.6 Å². The topological polar surface area (TPSA) is 35.5 Å². The van der Waals surface area contributed by atoms with Crippen molar-refractivity contribution < 1.29 is 13.6 Å². The minimum absolute atomic E-state index is 0.361. The van der Waals surface area contributed by atoms with Crippen LogP contribution in [0.2, 0.25) is 0 Å². The molecule has 15 heavy (non-hydrogen) atoms. The third kappa shape index (κ3) is 2.79. The van der Waals surface area contributed by atoms with E-state index < -0.39 is 7.60 Å². The zero-order valence-electron chi connectivity index (χ0n) is 8.57. The van der Waals surface area contributed by atoms with Crippen LogP contribution in [0, 0.1) is 0 Å². The lowest BCUT2D eigenvalue weighted by molar-refractivity contribution is 0.288. The summed E-state index contributed by atoms with van der Waals surface area (Å²) in [4.78, 5) is 0.